The molecule has 166 valence electrons. The number of nitrogens with zero attached hydrogens (tertiary/aromatic N) is 2. The number of aromatic nitrogens is 2. The number of benzene rings is 3. The van der Waals surface area contributed by atoms with Gasteiger partial charge in [-0.05, 0) is 24.2 Å². The summed E-state index contributed by atoms with van der Waals surface area (Å²) in [5.41, 5.74) is 3.04. The first kappa shape index (κ1) is 21.3. The van der Waals surface area contributed by atoms with Crippen molar-refractivity contribution in [3.8, 4) is 22.5 Å². The lowest BCUT2D eigenvalue weighted by Gasteiger charge is -2.38. The molecule has 1 aliphatic rings. The Morgan fingerprint density at radius 2 is 1.45 bits per heavy atom. The van der Waals surface area contributed by atoms with Gasteiger partial charge in [0.15, 0.2) is 5.16 Å². The van der Waals surface area contributed by atoms with Gasteiger partial charge in [0.25, 0.3) is 0 Å². The summed E-state index contributed by atoms with van der Waals surface area (Å²) in [6.07, 6.45) is -4.76. The van der Waals surface area contributed by atoms with Gasteiger partial charge in [-0.1, -0.05) is 90.5 Å². The molecule has 0 aliphatic carbocycles. The van der Waals surface area contributed by atoms with E-state index in [1.807, 2.05) is 48.5 Å². The van der Waals surface area contributed by atoms with Crippen molar-refractivity contribution in [3.05, 3.63) is 96.1 Å². The highest BCUT2D eigenvalue weighted by molar-refractivity contribution is 8.00. The SMILES string of the molecule is Cc1ccc([C@]2(C(F)(F)F)NC(=O)n3c(nc(-c4ccccc4)c3-c3ccccc3)S2)cc1. The minimum absolute atomic E-state index is 0.0191. The van der Waals surface area contributed by atoms with Crippen molar-refractivity contribution >= 4 is 17.8 Å². The van der Waals surface area contributed by atoms with Crippen molar-refractivity contribution in [3.63, 3.8) is 0 Å². The van der Waals surface area contributed by atoms with Gasteiger partial charge >= 0.3 is 12.2 Å². The topological polar surface area (TPSA) is 46.9 Å². The van der Waals surface area contributed by atoms with Crippen LogP contribution in [0.4, 0.5) is 18.0 Å². The third kappa shape index (κ3) is 3.51. The number of carbonyl (C=O) groups is 1. The Hall–Kier alpha value is -3.52. The molecule has 0 bridgehead atoms. The van der Waals surface area contributed by atoms with Crippen molar-refractivity contribution in [2.75, 3.05) is 0 Å². The van der Waals surface area contributed by atoms with Gasteiger partial charge in [-0.2, -0.15) is 13.2 Å². The quantitative estimate of drug-likeness (QED) is 0.371. The molecule has 1 atom stereocenters. The zero-order valence-corrected chi connectivity index (χ0v) is 18.2. The lowest BCUT2D eigenvalue weighted by atomic mass is 10.0. The van der Waals surface area contributed by atoms with Gasteiger partial charge in [0.05, 0.1) is 11.4 Å². The van der Waals surface area contributed by atoms with Crippen molar-refractivity contribution in [1.82, 2.24) is 14.9 Å². The molecule has 0 saturated heterocycles. The minimum Gasteiger partial charge on any atom is -0.311 e. The van der Waals surface area contributed by atoms with Crippen molar-refractivity contribution in [2.45, 2.75) is 23.1 Å². The number of thioether (sulfide) groups is 1. The molecule has 3 aromatic carbocycles. The molecule has 0 fully saturated rings. The number of fused-ring (bicyclic) bond motifs is 1. The monoisotopic (exact) mass is 465 g/mol. The van der Waals surface area contributed by atoms with Gasteiger partial charge in [-0.3, -0.25) is 0 Å². The minimum atomic E-state index is -4.76. The van der Waals surface area contributed by atoms with E-state index in [-0.39, 0.29) is 10.7 Å². The fourth-order valence-electron chi connectivity index (χ4n) is 3.90. The molecule has 1 aliphatic heterocycles. The second-order valence-electron chi connectivity index (χ2n) is 7.74. The molecule has 8 heteroatoms. The molecule has 0 unspecified atom stereocenters. The van der Waals surface area contributed by atoms with Crippen LogP contribution in [0.1, 0.15) is 11.1 Å². The van der Waals surface area contributed by atoms with Gasteiger partial charge in [0, 0.05) is 11.1 Å². The number of carbonyl (C=O) groups excluding carboxylic acids is 1. The molecule has 1 N–H and O–H groups in total. The Morgan fingerprint density at radius 1 is 0.879 bits per heavy atom. The highest BCUT2D eigenvalue weighted by Gasteiger charge is 2.61. The molecule has 0 spiro atoms. The fraction of sp³-hybridized carbons (Fsp3) is 0.120. The third-order valence-electron chi connectivity index (χ3n) is 5.53. The summed E-state index contributed by atoms with van der Waals surface area (Å²) in [6.45, 7) is 1.79. The molecule has 2 heterocycles. The first-order valence-electron chi connectivity index (χ1n) is 10.2. The highest BCUT2D eigenvalue weighted by atomic mass is 32.2. The van der Waals surface area contributed by atoms with E-state index >= 15 is 0 Å². The van der Waals surface area contributed by atoms with E-state index < -0.39 is 17.1 Å². The van der Waals surface area contributed by atoms with E-state index in [2.05, 4.69) is 10.3 Å². The average molecular weight is 466 g/mol. The fourth-order valence-corrected chi connectivity index (χ4v) is 5.08. The first-order chi connectivity index (χ1) is 15.8. The van der Waals surface area contributed by atoms with E-state index in [1.54, 1.807) is 31.2 Å². The summed E-state index contributed by atoms with van der Waals surface area (Å²) in [5, 5.41) is 2.24. The molecule has 1 aromatic heterocycles. The van der Waals surface area contributed by atoms with Gasteiger partial charge in [0.1, 0.15) is 0 Å². The zero-order valence-electron chi connectivity index (χ0n) is 17.4. The summed E-state index contributed by atoms with van der Waals surface area (Å²) < 4.78 is 44.8. The van der Waals surface area contributed by atoms with Crippen LogP contribution >= 0.6 is 11.8 Å². The summed E-state index contributed by atoms with van der Waals surface area (Å²) in [5.74, 6) is 0. The maximum atomic E-state index is 14.5. The first-order valence-corrected chi connectivity index (χ1v) is 11.0. The Balaban J connectivity index is 1.75. The number of halogens is 3. The van der Waals surface area contributed by atoms with Gasteiger partial charge in [-0.25, -0.2) is 14.3 Å². The van der Waals surface area contributed by atoms with Gasteiger partial charge < -0.3 is 5.32 Å². The van der Waals surface area contributed by atoms with E-state index in [1.165, 1.54) is 16.7 Å². The largest absolute Gasteiger partial charge is 0.425 e. The Bertz CT molecular complexity index is 1320. The Labute approximate surface area is 192 Å². The van der Waals surface area contributed by atoms with Gasteiger partial charge in [-0.15, -0.1) is 0 Å². The Kier molecular flexibility index (Phi) is 5.05. The smallest absolute Gasteiger partial charge is 0.311 e. The molecule has 33 heavy (non-hydrogen) atoms. The maximum Gasteiger partial charge on any atom is 0.425 e. The normalized spacial score (nSPS) is 18.0. The number of imidazole rings is 1. The number of alkyl halides is 3. The van der Waals surface area contributed by atoms with E-state index in [0.29, 0.717) is 34.3 Å². The summed E-state index contributed by atoms with van der Waals surface area (Å²) in [4.78, 5) is 15.2. The number of rotatable bonds is 3. The van der Waals surface area contributed by atoms with Crippen LogP contribution in [-0.2, 0) is 4.87 Å². The van der Waals surface area contributed by atoms with Crippen LogP contribution < -0.4 is 5.32 Å². The maximum absolute atomic E-state index is 14.5. The summed E-state index contributed by atoms with van der Waals surface area (Å²) in [7, 11) is 0. The molecular weight excluding hydrogens is 447 g/mol. The predicted octanol–water partition coefficient (Wildman–Crippen LogP) is 6.60. The van der Waals surface area contributed by atoms with Crippen LogP contribution in [-0.4, -0.2) is 21.8 Å². The third-order valence-corrected chi connectivity index (χ3v) is 6.86. The second-order valence-corrected chi connectivity index (χ2v) is 8.92. The van der Waals surface area contributed by atoms with E-state index in [0.717, 1.165) is 5.56 Å². The molecule has 5 rings (SSSR count). The Morgan fingerprint density at radius 3 is 2.03 bits per heavy atom. The number of hydrogen-bond acceptors (Lipinski definition) is 3. The standard InChI is InChI=1S/C25H18F3N3OS/c1-16-12-14-19(15-13-16)24(25(26,27)28)30-22(32)31-21(18-10-6-3-7-11-18)20(29-23(31)33-24)17-8-4-2-5-9-17/h2-15H,1H3,(H,30,32)/t24-/m0/s1. The van der Waals surface area contributed by atoms with Crippen LogP contribution in [0.2, 0.25) is 0 Å². The number of hydrogen-bond donors (Lipinski definition) is 1. The average Bonchev–Trinajstić information content (AvgIpc) is 3.20. The van der Waals surface area contributed by atoms with Crippen LogP contribution in [0.25, 0.3) is 22.5 Å². The van der Waals surface area contributed by atoms with Crippen LogP contribution in [0.5, 0.6) is 0 Å². The van der Waals surface area contributed by atoms with Crippen molar-refractivity contribution in [1.29, 1.82) is 0 Å². The molecule has 0 saturated carbocycles. The summed E-state index contributed by atoms with van der Waals surface area (Å²) >= 11 is 0.493. The van der Waals surface area contributed by atoms with Crippen molar-refractivity contribution in [2.24, 2.45) is 0 Å². The zero-order chi connectivity index (χ0) is 23.2. The molecule has 4 aromatic rings. The highest BCUT2D eigenvalue weighted by Crippen LogP contribution is 2.53. The van der Waals surface area contributed by atoms with Crippen molar-refractivity contribution < 1.29 is 18.0 Å². The number of amides is 1. The molecule has 0 radical (unpaired) electrons. The lowest BCUT2D eigenvalue weighted by molar-refractivity contribution is -0.167. The van der Waals surface area contributed by atoms with E-state index in [4.69, 9.17) is 0 Å². The predicted molar refractivity (Wildman–Crippen MR) is 122 cm³/mol. The van der Waals surface area contributed by atoms with E-state index in [9.17, 15) is 18.0 Å². The summed E-state index contributed by atoms with van der Waals surface area (Å²) in [6, 6.07) is 23.3. The molecule has 1 amide bonds. The van der Waals surface area contributed by atoms with Crippen LogP contribution in [0.15, 0.2) is 90.1 Å². The van der Waals surface area contributed by atoms with Gasteiger partial charge in [0.2, 0.25) is 4.87 Å². The second kappa shape index (κ2) is 7.81. The lowest BCUT2D eigenvalue weighted by Crippen LogP contribution is -2.57. The molecular formula is C25H18F3N3OS. The van der Waals surface area contributed by atoms with Crippen LogP contribution in [0.3, 0.4) is 0 Å². The molecule has 4 nitrogen and oxygen atoms in total. The number of nitrogens with one attached hydrogen (secondary N) is 1. The van der Waals surface area contributed by atoms with Crippen LogP contribution in [0, 0.1) is 6.92 Å². The number of aryl methyl sites for hydroxylation is 1.